The predicted octanol–water partition coefficient (Wildman–Crippen LogP) is 14.6. The molecule has 4 unspecified atom stereocenters. The number of fused-ring (bicyclic) bond motifs is 13. The standard InChI is InChI=1S/C53H51N/c1-2-39-33-36-15-13-18-40(34-36)53(39)48-23-10-8-20-44(48)46-21-14-24-50(51(46)53)54(41-27-25-38(26-28-41)37-16-5-3-6-17-37)42-29-30-45-43-19-7-9-22-47(43)52(49(45)35-42)31-11-4-12-32-52/h3,5-10,14,16-17,19-30,35-36,39-40H,2,4,11-13,15,18,31-34H2,1H3. The van der Waals surface area contributed by atoms with E-state index in [4.69, 9.17) is 0 Å². The van der Waals surface area contributed by atoms with Crippen molar-refractivity contribution >= 4 is 17.1 Å². The molecule has 6 aromatic rings. The van der Waals surface area contributed by atoms with Gasteiger partial charge >= 0.3 is 0 Å². The largest absolute Gasteiger partial charge is 0.310 e. The molecule has 0 heterocycles. The van der Waals surface area contributed by atoms with E-state index in [0.29, 0.717) is 11.8 Å². The maximum Gasteiger partial charge on any atom is 0.0509 e. The fourth-order valence-corrected chi connectivity index (χ4v) is 12.9. The zero-order valence-corrected chi connectivity index (χ0v) is 31.7. The van der Waals surface area contributed by atoms with Crippen LogP contribution in [0.15, 0.2) is 140 Å². The Bertz CT molecular complexity index is 2360. The summed E-state index contributed by atoms with van der Waals surface area (Å²) in [4.78, 5) is 2.68. The highest BCUT2D eigenvalue weighted by atomic mass is 15.1. The molecule has 6 aromatic carbocycles. The Hall–Kier alpha value is -4.88. The van der Waals surface area contributed by atoms with Gasteiger partial charge in [-0.15, -0.1) is 0 Å². The molecule has 54 heavy (non-hydrogen) atoms. The summed E-state index contributed by atoms with van der Waals surface area (Å²) in [6.07, 6.45) is 14.5. The molecular formula is C53H51N. The fraction of sp³-hybridized carbons (Fsp3) is 0.321. The van der Waals surface area contributed by atoms with E-state index in [1.54, 1.807) is 22.3 Å². The highest BCUT2D eigenvalue weighted by Crippen LogP contribution is 2.67. The Labute approximate surface area is 322 Å². The Morgan fingerprint density at radius 1 is 0.537 bits per heavy atom. The fourth-order valence-electron chi connectivity index (χ4n) is 12.9. The number of rotatable bonds is 5. The Morgan fingerprint density at radius 2 is 1.20 bits per heavy atom. The second-order valence-electron chi connectivity index (χ2n) is 17.4. The van der Waals surface area contributed by atoms with Gasteiger partial charge in [-0.25, -0.2) is 0 Å². The molecule has 0 aliphatic heterocycles. The molecule has 4 atom stereocenters. The zero-order valence-electron chi connectivity index (χ0n) is 31.7. The van der Waals surface area contributed by atoms with Gasteiger partial charge in [-0.3, -0.25) is 0 Å². The molecule has 2 bridgehead atoms. The minimum Gasteiger partial charge on any atom is -0.310 e. The van der Waals surface area contributed by atoms with Crippen LogP contribution in [-0.2, 0) is 10.8 Å². The first-order valence-electron chi connectivity index (χ1n) is 21.1. The van der Waals surface area contributed by atoms with Crippen molar-refractivity contribution in [1.82, 2.24) is 0 Å². The van der Waals surface area contributed by atoms with Crippen molar-refractivity contribution < 1.29 is 0 Å². The van der Waals surface area contributed by atoms with Crippen molar-refractivity contribution in [2.45, 2.75) is 88.4 Å². The molecule has 2 spiro atoms. The Morgan fingerprint density at radius 3 is 2.00 bits per heavy atom. The molecule has 1 nitrogen and oxygen atoms in total. The molecule has 0 amide bonds. The summed E-state index contributed by atoms with van der Waals surface area (Å²) in [6, 6.07) is 54.1. The second kappa shape index (κ2) is 12.6. The smallest absolute Gasteiger partial charge is 0.0509 e. The van der Waals surface area contributed by atoms with Crippen molar-refractivity contribution in [1.29, 1.82) is 0 Å². The number of anilines is 3. The summed E-state index contributed by atoms with van der Waals surface area (Å²) in [5.41, 5.74) is 18.7. The van der Waals surface area contributed by atoms with Crippen molar-refractivity contribution in [2.75, 3.05) is 4.90 Å². The Kier molecular flexibility index (Phi) is 7.59. The van der Waals surface area contributed by atoms with E-state index < -0.39 is 0 Å². The SMILES string of the molecule is CCC1CC2CCCC(C2)C12c1ccccc1-c1cccc(N(c3ccc(-c4ccccc4)cc3)c3ccc4c(c3)C3(CCCCC3)c3ccccc3-4)c12. The van der Waals surface area contributed by atoms with Crippen molar-refractivity contribution in [3.05, 3.63) is 162 Å². The monoisotopic (exact) mass is 701 g/mol. The first kappa shape index (κ1) is 32.5. The first-order chi connectivity index (χ1) is 26.7. The van der Waals surface area contributed by atoms with Gasteiger partial charge < -0.3 is 4.90 Å². The van der Waals surface area contributed by atoms with Crippen LogP contribution in [0.5, 0.6) is 0 Å². The lowest BCUT2D eigenvalue weighted by Crippen LogP contribution is -2.49. The van der Waals surface area contributed by atoms with Gasteiger partial charge in [-0.2, -0.15) is 0 Å². The van der Waals surface area contributed by atoms with E-state index in [1.807, 2.05) is 0 Å². The average Bonchev–Trinajstić information content (AvgIpc) is 3.68. The van der Waals surface area contributed by atoms with E-state index >= 15 is 0 Å². The molecule has 0 radical (unpaired) electrons. The van der Waals surface area contributed by atoms with Crippen LogP contribution in [0.1, 0.15) is 99.8 Å². The minimum absolute atomic E-state index is 0.0218. The van der Waals surface area contributed by atoms with Crippen molar-refractivity contribution in [3.63, 3.8) is 0 Å². The maximum absolute atomic E-state index is 2.68. The summed E-state index contributed by atoms with van der Waals surface area (Å²) < 4.78 is 0. The quantitative estimate of drug-likeness (QED) is 0.173. The molecule has 5 aliphatic rings. The third kappa shape index (κ3) is 4.57. The summed E-state index contributed by atoms with van der Waals surface area (Å²) in [6.45, 7) is 2.48. The molecule has 268 valence electrons. The summed E-state index contributed by atoms with van der Waals surface area (Å²) in [7, 11) is 0. The van der Waals surface area contributed by atoms with E-state index in [9.17, 15) is 0 Å². The molecule has 0 N–H and O–H groups in total. The van der Waals surface area contributed by atoms with Crippen LogP contribution in [0.25, 0.3) is 33.4 Å². The molecule has 0 aromatic heterocycles. The summed E-state index contributed by atoms with van der Waals surface area (Å²) in [5.74, 6) is 2.17. The molecule has 3 fully saturated rings. The minimum atomic E-state index is 0.0218. The van der Waals surface area contributed by atoms with Crippen LogP contribution in [0.4, 0.5) is 17.1 Å². The van der Waals surface area contributed by atoms with E-state index in [0.717, 1.165) is 5.92 Å². The highest BCUT2D eigenvalue weighted by molar-refractivity contribution is 5.93. The number of hydrogen-bond donors (Lipinski definition) is 0. The molecule has 11 rings (SSSR count). The van der Waals surface area contributed by atoms with Crippen LogP contribution < -0.4 is 4.90 Å². The molecule has 1 heteroatoms. The topological polar surface area (TPSA) is 3.24 Å². The van der Waals surface area contributed by atoms with Gasteiger partial charge in [0.15, 0.2) is 0 Å². The van der Waals surface area contributed by atoms with Gasteiger partial charge in [-0.1, -0.05) is 155 Å². The van der Waals surface area contributed by atoms with Gasteiger partial charge in [0.05, 0.1) is 5.69 Å². The predicted molar refractivity (Wildman–Crippen MR) is 226 cm³/mol. The third-order valence-electron chi connectivity index (χ3n) is 15.0. The molecule has 0 saturated heterocycles. The lowest BCUT2D eigenvalue weighted by Gasteiger charge is -2.54. The average molecular weight is 702 g/mol. The number of benzene rings is 6. The van der Waals surface area contributed by atoms with Gasteiger partial charge in [0.1, 0.15) is 0 Å². The van der Waals surface area contributed by atoms with Gasteiger partial charge in [0.25, 0.3) is 0 Å². The first-order valence-corrected chi connectivity index (χ1v) is 21.1. The third-order valence-corrected chi connectivity index (χ3v) is 15.0. The number of nitrogens with zero attached hydrogens (tertiary/aromatic N) is 1. The normalized spacial score (nSPS) is 24.1. The van der Waals surface area contributed by atoms with Crippen LogP contribution >= 0.6 is 0 Å². The Balaban J connectivity index is 1.16. The number of hydrogen-bond acceptors (Lipinski definition) is 1. The van der Waals surface area contributed by atoms with Crippen molar-refractivity contribution in [3.8, 4) is 33.4 Å². The van der Waals surface area contributed by atoms with Gasteiger partial charge in [-0.05, 0) is 136 Å². The molecular weight excluding hydrogens is 651 g/mol. The van der Waals surface area contributed by atoms with E-state index in [2.05, 4.69) is 151 Å². The molecule has 5 aliphatic carbocycles. The molecule has 3 saturated carbocycles. The van der Waals surface area contributed by atoms with E-state index in [1.165, 1.54) is 121 Å². The van der Waals surface area contributed by atoms with Gasteiger partial charge in [0.2, 0.25) is 0 Å². The van der Waals surface area contributed by atoms with Crippen LogP contribution in [0.3, 0.4) is 0 Å². The maximum atomic E-state index is 2.68. The van der Waals surface area contributed by atoms with Crippen LogP contribution in [0, 0.1) is 17.8 Å². The second-order valence-corrected chi connectivity index (χ2v) is 17.4. The highest BCUT2D eigenvalue weighted by Gasteiger charge is 2.58. The summed E-state index contributed by atoms with van der Waals surface area (Å²) in [5, 5.41) is 0. The van der Waals surface area contributed by atoms with Crippen LogP contribution in [-0.4, -0.2) is 0 Å². The van der Waals surface area contributed by atoms with Crippen molar-refractivity contribution in [2.24, 2.45) is 17.8 Å². The lowest BCUT2D eigenvalue weighted by atomic mass is 9.49. The zero-order chi connectivity index (χ0) is 35.9. The van der Waals surface area contributed by atoms with E-state index in [-0.39, 0.29) is 10.8 Å². The summed E-state index contributed by atoms with van der Waals surface area (Å²) >= 11 is 0. The van der Waals surface area contributed by atoms with Crippen LogP contribution in [0.2, 0.25) is 0 Å². The lowest BCUT2D eigenvalue weighted by molar-refractivity contribution is 0.0560. The van der Waals surface area contributed by atoms with Gasteiger partial charge in [0, 0.05) is 22.2 Å².